The summed E-state index contributed by atoms with van der Waals surface area (Å²) >= 11 is 0. The first kappa shape index (κ1) is 44.2. The van der Waals surface area contributed by atoms with E-state index in [1.165, 1.54) is 0 Å². The lowest BCUT2D eigenvalue weighted by molar-refractivity contribution is -0.790. The molecule has 0 bridgehead atoms. The van der Waals surface area contributed by atoms with E-state index in [0.717, 1.165) is 47.6 Å². The van der Waals surface area contributed by atoms with Crippen LogP contribution in [0.1, 0.15) is 61.1 Å². The predicted octanol–water partition coefficient (Wildman–Crippen LogP) is 5.47. The number of fused-ring (bicyclic) bond motifs is 1. The van der Waals surface area contributed by atoms with Gasteiger partial charge in [-0.15, -0.1) is 20.2 Å². The molecule has 0 radical (unpaired) electrons. The van der Waals surface area contributed by atoms with Crippen LogP contribution in [0.3, 0.4) is 0 Å². The Balaban J connectivity index is 1.32. The van der Waals surface area contributed by atoms with Crippen LogP contribution in [0, 0.1) is 20.2 Å². The number of benzene rings is 3. The maximum atomic E-state index is 13.9. The van der Waals surface area contributed by atoms with Crippen LogP contribution in [-0.2, 0) is 41.8 Å². The van der Waals surface area contributed by atoms with E-state index in [9.17, 15) is 29.8 Å². The Morgan fingerprint density at radius 1 is 0.949 bits per heavy atom. The standard InChI is InChI=1S/C41H53N5O13/c1-53-20-8-18-43-19-22-55-38-17-12-31(23-37(38)43)28-57-39-27-44(41(48)56-21-7-6-11-35(59-46(51)52)29-58-45(49)50)33(24-36(39)32-13-15-34(54-2)16-14-32)25-40(47)42-26-30-9-4-3-5-10-30/h3-5,9-10,12-17,23,33,35-36,39H,6-8,11,18-22,24-29H2,1-2H3,(H,42,47). The lowest BCUT2D eigenvalue weighted by atomic mass is 9.82. The lowest BCUT2D eigenvalue weighted by Crippen LogP contribution is -2.53. The number of piperidine rings is 1. The fourth-order valence-electron chi connectivity index (χ4n) is 7.30. The summed E-state index contributed by atoms with van der Waals surface area (Å²) in [6, 6.07) is 22.7. The minimum atomic E-state index is -1.17. The number of carbonyl (C=O) groups is 2. The van der Waals surface area contributed by atoms with Gasteiger partial charge in [0.25, 0.3) is 10.2 Å². The van der Waals surface area contributed by atoms with E-state index in [-0.39, 0.29) is 50.8 Å². The molecule has 59 heavy (non-hydrogen) atoms. The molecule has 4 unspecified atom stereocenters. The molecule has 0 spiro atoms. The molecule has 2 heterocycles. The number of amides is 2. The molecule has 3 aromatic carbocycles. The Hall–Kier alpha value is -5.88. The summed E-state index contributed by atoms with van der Waals surface area (Å²) in [4.78, 5) is 61.4. The van der Waals surface area contributed by atoms with Gasteiger partial charge in [-0.2, -0.15) is 0 Å². The summed E-state index contributed by atoms with van der Waals surface area (Å²) in [6.45, 7) is 2.85. The molecule has 0 saturated carbocycles. The molecule has 320 valence electrons. The summed E-state index contributed by atoms with van der Waals surface area (Å²) in [5.41, 5.74) is 3.82. The molecular formula is C41H53N5O13. The average Bonchev–Trinajstić information content (AvgIpc) is 3.24. The molecule has 0 aromatic heterocycles. The van der Waals surface area contributed by atoms with Gasteiger partial charge in [-0.3, -0.25) is 4.79 Å². The molecule has 4 atom stereocenters. The van der Waals surface area contributed by atoms with Crippen molar-refractivity contribution in [1.82, 2.24) is 10.2 Å². The summed E-state index contributed by atoms with van der Waals surface area (Å²) < 4.78 is 29.1. The smallest absolute Gasteiger partial charge is 0.410 e. The van der Waals surface area contributed by atoms with Gasteiger partial charge < -0.3 is 48.5 Å². The number of anilines is 1. The van der Waals surface area contributed by atoms with Crippen molar-refractivity contribution >= 4 is 17.7 Å². The topological polar surface area (TPSA) is 204 Å². The van der Waals surface area contributed by atoms with Crippen LogP contribution in [0.4, 0.5) is 10.5 Å². The first-order chi connectivity index (χ1) is 28.6. The Morgan fingerprint density at radius 2 is 1.75 bits per heavy atom. The van der Waals surface area contributed by atoms with E-state index in [4.69, 9.17) is 23.7 Å². The zero-order valence-electron chi connectivity index (χ0n) is 33.4. The number of hydrogen-bond donors (Lipinski definition) is 1. The number of ether oxygens (including phenoxy) is 5. The van der Waals surface area contributed by atoms with Crippen molar-refractivity contribution in [3.8, 4) is 11.5 Å². The highest BCUT2D eigenvalue weighted by molar-refractivity contribution is 5.78. The van der Waals surface area contributed by atoms with Crippen molar-refractivity contribution < 1.29 is 53.1 Å². The number of hydrogen-bond acceptors (Lipinski definition) is 14. The van der Waals surface area contributed by atoms with E-state index in [1.54, 1.807) is 19.1 Å². The van der Waals surface area contributed by atoms with Crippen LogP contribution in [0.2, 0.25) is 0 Å². The van der Waals surface area contributed by atoms with Crippen LogP contribution in [0.15, 0.2) is 72.8 Å². The molecule has 1 fully saturated rings. The molecule has 18 nitrogen and oxygen atoms in total. The third kappa shape index (κ3) is 13.9. The van der Waals surface area contributed by atoms with Crippen molar-refractivity contribution in [2.45, 2.75) is 75.8 Å². The van der Waals surface area contributed by atoms with Crippen LogP contribution in [0.25, 0.3) is 0 Å². The van der Waals surface area contributed by atoms with E-state index in [0.29, 0.717) is 38.3 Å². The maximum absolute atomic E-state index is 13.9. The normalized spacial score (nSPS) is 17.8. The van der Waals surface area contributed by atoms with Gasteiger partial charge >= 0.3 is 6.09 Å². The molecule has 0 aliphatic carbocycles. The highest BCUT2D eigenvalue weighted by Crippen LogP contribution is 2.38. The van der Waals surface area contributed by atoms with E-state index in [2.05, 4.69) is 26.0 Å². The zero-order chi connectivity index (χ0) is 42.0. The number of likely N-dealkylation sites (tertiary alicyclic amines) is 1. The maximum Gasteiger partial charge on any atom is 0.410 e. The molecule has 2 aliphatic rings. The number of carbonyl (C=O) groups excluding carboxylic acids is 2. The SMILES string of the molecule is COCCCN1CCOc2ccc(COC3CN(C(=O)OCCCCC(CO[N+](=O)[O-])O[N+](=O)[O-])C(CC(=O)NCc4ccccc4)CC3c3ccc(OC)cc3)cc21. The molecule has 5 rings (SSSR count). The Kier molecular flexibility index (Phi) is 17.2. The minimum Gasteiger partial charge on any atom is -0.497 e. The van der Waals surface area contributed by atoms with E-state index < -0.39 is 41.1 Å². The molecule has 2 aliphatic heterocycles. The monoisotopic (exact) mass is 823 g/mol. The van der Waals surface area contributed by atoms with Crippen molar-refractivity contribution in [2.24, 2.45) is 0 Å². The van der Waals surface area contributed by atoms with Gasteiger partial charge in [0.15, 0.2) is 0 Å². The van der Waals surface area contributed by atoms with Gasteiger partial charge in [-0.05, 0) is 73.1 Å². The number of methoxy groups -OCH3 is 2. The highest BCUT2D eigenvalue weighted by Gasteiger charge is 2.41. The summed E-state index contributed by atoms with van der Waals surface area (Å²) in [6.07, 6.45) is -0.384. The summed E-state index contributed by atoms with van der Waals surface area (Å²) in [5, 5.41) is 22.4. The van der Waals surface area contributed by atoms with Gasteiger partial charge in [0.05, 0.1) is 45.2 Å². The Labute approximate surface area is 342 Å². The molecule has 2 amide bonds. The van der Waals surface area contributed by atoms with Gasteiger partial charge in [0, 0.05) is 45.2 Å². The summed E-state index contributed by atoms with van der Waals surface area (Å²) in [5.74, 6) is 1.06. The fourth-order valence-corrected chi connectivity index (χ4v) is 7.30. The van der Waals surface area contributed by atoms with Gasteiger partial charge in [0.2, 0.25) is 5.91 Å². The molecule has 1 N–H and O–H groups in total. The summed E-state index contributed by atoms with van der Waals surface area (Å²) in [7, 11) is 3.29. The van der Waals surface area contributed by atoms with Gasteiger partial charge in [-0.1, -0.05) is 48.5 Å². The Bertz CT molecular complexity index is 1800. The van der Waals surface area contributed by atoms with E-state index >= 15 is 0 Å². The van der Waals surface area contributed by atoms with Gasteiger partial charge in [-0.25, -0.2) is 4.79 Å². The molecule has 1 saturated heterocycles. The number of nitrogens with one attached hydrogen (secondary N) is 1. The molecular weight excluding hydrogens is 770 g/mol. The third-order valence-corrected chi connectivity index (χ3v) is 10.3. The predicted molar refractivity (Wildman–Crippen MR) is 213 cm³/mol. The minimum absolute atomic E-state index is 0.0153. The van der Waals surface area contributed by atoms with Crippen LogP contribution in [0.5, 0.6) is 11.5 Å². The Morgan fingerprint density at radius 3 is 2.47 bits per heavy atom. The van der Waals surface area contributed by atoms with E-state index in [1.807, 2.05) is 66.7 Å². The highest BCUT2D eigenvalue weighted by atomic mass is 17.0. The lowest BCUT2D eigenvalue weighted by Gasteiger charge is -2.43. The number of nitrogens with zero attached hydrogens (tertiary/aromatic N) is 4. The first-order valence-corrected chi connectivity index (χ1v) is 19.7. The average molecular weight is 824 g/mol. The van der Waals surface area contributed by atoms with Gasteiger partial charge in [0.1, 0.15) is 30.8 Å². The number of unbranched alkanes of at least 4 members (excludes halogenated alkanes) is 1. The van der Waals surface area contributed by atoms with Crippen molar-refractivity contribution in [1.29, 1.82) is 0 Å². The first-order valence-electron chi connectivity index (χ1n) is 19.7. The second-order valence-corrected chi connectivity index (χ2v) is 14.3. The van der Waals surface area contributed by atoms with Crippen molar-refractivity contribution in [2.75, 3.05) is 65.2 Å². The van der Waals surface area contributed by atoms with Crippen molar-refractivity contribution in [3.63, 3.8) is 0 Å². The van der Waals surface area contributed by atoms with Crippen molar-refractivity contribution in [3.05, 3.63) is 110 Å². The molecule has 18 heteroatoms. The van der Waals surface area contributed by atoms with Crippen LogP contribution < -0.4 is 19.7 Å². The second-order valence-electron chi connectivity index (χ2n) is 14.3. The largest absolute Gasteiger partial charge is 0.497 e. The second kappa shape index (κ2) is 22.9. The zero-order valence-corrected chi connectivity index (χ0v) is 33.4. The number of rotatable bonds is 23. The third-order valence-electron chi connectivity index (χ3n) is 10.3. The molecule has 3 aromatic rings. The van der Waals surface area contributed by atoms with Crippen LogP contribution >= 0.6 is 0 Å². The van der Waals surface area contributed by atoms with Crippen LogP contribution in [-0.4, -0.2) is 106 Å². The fraction of sp³-hybridized carbons (Fsp3) is 0.512. The quantitative estimate of drug-likeness (QED) is 0.0716.